The van der Waals surface area contributed by atoms with Gasteiger partial charge in [-0.25, -0.2) is 4.98 Å². The lowest BCUT2D eigenvalue weighted by Gasteiger charge is -2.09. The number of carbonyl (C=O) groups excluding carboxylic acids is 1. The van der Waals surface area contributed by atoms with E-state index in [1.165, 1.54) is 11.8 Å². The van der Waals surface area contributed by atoms with Gasteiger partial charge in [0.2, 0.25) is 0 Å². The van der Waals surface area contributed by atoms with Crippen LogP contribution in [-0.4, -0.2) is 30.2 Å². The molecule has 2 aromatic heterocycles. The Morgan fingerprint density at radius 1 is 1.07 bits per heavy atom. The molecular weight excluding hydrogens is 400 g/mol. The third kappa shape index (κ3) is 4.69. The maximum absolute atomic E-state index is 12.5. The molecule has 1 N–H and O–H groups in total. The predicted molar refractivity (Wildman–Crippen MR) is 114 cm³/mol. The second kappa shape index (κ2) is 8.83. The van der Waals surface area contributed by atoms with Gasteiger partial charge in [0.05, 0.1) is 0 Å². The molecule has 0 aliphatic rings. The Labute approximate surface area is 177 Å². The van der Waals surface area contributed by atoms with E-state index < -0.39 is 0 Å². The summed E-state index contributed by atoms with van der Waals surface area (Å²) in [4.78, 5) is 17.7. The van der Waals surface area contributed by atoms with Gasteiger partial charge in [-0.15, -0.1) is 10.2 Å². The second-order valence-electron chi connectivity index (χ2n) is 6.57. The lowest BCUT2D eigenvalue weighted by Crippen LogP contribution is -2.11. The number of nitrogens with zero attached hydrogens (tertiary/aromatic N) is 5. The van der Waals surface area contributed by atoms with Crippen LogP contribution in [0.25, 0.3) is 0 Å². The van der Waals surface area contributed by atoms with Crippen LogP contribution in [0.4, 0.5) is 5.69 Å². The van der Waals surface area contributed by atoms with Gasteiger partial charge in [0.1, 0.15) is 24.5 Å². The smallest absolute Gasteiger partial charge is 0.255 e. The topological polar surface area (TPSA) is 86.9 Å². The fourth-order valence-electron chi connectivity index (χ4n) is 2.67. The lowest BCUT2D eigenvalue weighted by molar-refractivity contribution is 0.102. The van der Waals surface area contributed by atoms with E-state index in [2.05, 4.69) is 20.5 Å². The molecule has 1 amide bonds. The van der Waals surface area contributed by atoms with E-state index in [-0.39, 0.29) is 5.91 Å². The molecule has 8 nitrogen and oxygen atoms in total. The summed E-state index contributed by atoms with van der Waals surface area (Å²) < 4.78 is 9.47. The molecule has 30 heavy (non-hydrogen) atoms. The summed E-state index contributed by atoms with van der Waals surface area (Å²) in [6, 6.07) is 14.6. The van der Waals surface area contributed by atoms with Gasteiger partial charge in [-0.1, -0.05) is 0 Å². The van der Waals surface area contributed by atoms with Crippen LogP contribution in [0.5, 0.6) is 5.75 Å². The summed E-state index contributed by atoms with van der Waals surface area (Å²) in [7, 11) is 3.81. The third-order valence-corrected chi connectivity index (χ3v) is 5.46. The molecule has 0 aliphatic carbocycles. The molecular formula is C21H20N6O2S. The lowest BCUT2D eigenvalue weighted by atomic mass is 10.2. The highest BCUT2D eigenvalue weighted by molar-refractivity contribution is 7.99. The van der Waals surface area contributed by atoms with Crippen LogP contribution < -0.4 is 10.1 Å². The SMILES string of the molecule is Cn1ccnc1COc1ccc(C(=O)Nc2ccc(Sc3nncn3C)cc2)cc1. The minimum atomic E-state index is -0.181. The average molecular weight is 420 g/mol. The monoisotopic (exact) mass is 420 g/mol. The fourth-order valence-corrected chi connectivity index (χ4v) is 3.43. The predicted octanol–water partition coefficient (Wildman–Crippen LogP) is 3.53. The summed E-state index contributed by atoms with van der Waals surface area (Å²) in [6.07, 6.45) is 5.26. The summed E-state index contributed by atoms with van der Waals surface area (Å²) in [5, 5.41) is 11.6. The van der Waals surface area contributed by atoms with Crippen molar-refractivity contribution in [2.45, 2.75) is 16.7 Å². The van der Waals surface area contributed by atoms with Crippen molar-refractivity contribution < 1.29 is 9.53 Å². The van der Waals surface area contributed by atoms with Gasteiger partial charge in [-0.2, -0.15) is 0 Å². The van der Waals surface area contributed by atoms with Gasteiger partial charge in [-0.05, 0) is 60.3 Å². The van der Waals surface area contributed by atoms with Crippen molar-refractivity contribution in [1.29, 1.82) is 0 Å². The number of hydrogen-bond acceptors (Lipinski definition) is 6. The maximum Gasteiger partial charge on any atom is 0.255 e. The second-order valence-corrected chi connectivity index (χ2v) is 7.61. The van der Waals surface area contributed by atoms with Crippen molar-refractivity contribution in [2.75, 3.05) is 5.32 Å². The number of hydrogen-bond donors (Lipinski definition) is 1. The number of carbonyl (C=O) groups is 1. The Kier molecular flexibility index (Phi) is 5.80. The number of ether oxygens (including phenoxy) is 1. The normalized spacial score (nSPS) is 10.7. The molecule has 0 unspecified atom stereocenters. The standard InChI is InChI=1S/C21H20N6O2S/c1-26-12-11-22-19(26)13-29-17-7-3-15(4-8-17)20(28)24-16-5-9-18(10-6-16)30-21-25-23-14-27(21)2/h3-12,14H,13H2,1-2H3,(H,24,28). The van der Waals surface area contributed by atoms with Crippen LogP contribution in [-0.2, 0) is 20.7 Å². The molecule has 0 radical (unpaired) electrons. The highest BCUT2D eigenvalue weighted by Crippen LogP contribution is 2.26. The molecule has 4 aromatic rings. The first-order chi connectivity index (χ1) is 14.6. The van der Waals surface area contributed by atoms with Crippen molar-refractivity contribution in [2.24, 2.45) is 14.1 Å². The zero-order chi connectivity index (χ0) is 20.9. The van der Waals surface area contributed by atoms with Crippen molar-refractivity contribution in [3.8, 4) is 5.75 Å². The van der Waals surface area contributed by atoms with Gasteiger partial charge in [-0.3, -0.25) is 4.79 Å². The first kappa shape index (κ1) is 19.7. The van der Waals surface area contributed by atoms with Crippen LogP contribution in [0.1, 0.15) is 16.2 Å². The summed E-state index contributed by atoms with van der Waals surface area (Å²) >= 11 is 1.51. The van der Waals surface area contributed by atoms with E-state index in [1.54, 1.807) is 36.8 Å². The van der Waals surface area contributed by atoms with Gasteiger partial charge in [0.25, 0.3) is 5.91 Å². The summed E-state index contributed by atoms with van der Waals surface area (Å²) in [6.45, 7) is 0.369. The summed E-state index contributed by atoms with van der Waals surface area (Å²) in [5.41, 5.74) is 1.27. The van der Waals surface area contributed by atoms with Crippen LogP contribution >= 0.6 is 11.8 Å². The number of imidazole rings is 1. The quantitative estimate of drug-likeness (QED) is 0.492. The molecule has 9 heteroatoms. The Hall–Kier alpha value is -3.59. The Balaban J connectivity index is 1.33. The van der Waals surface area contributed by atoms with Gasteiger partial charge in [0, 0.05) is 42.6 Å². The van der Waals surface area contributed by atoms with Crippen LogP contribution in [0.3, 0.4) is 0 Å². The van der Waals surface area contributed by atoms with Crippen LogP contribution in [0.2, 0.25) is 0 Å². The minimum absolute atomic E-state index is 0.181. The maximum atomic E-state index is 12.5. The molecule has 0 saturated carbocycles. The molecule has 0 saturated heterocycles. The van der Waals surface area contributed by atoms with E-state index >= 15 is 0 Å². The first-order valence-electron chi connectivity index (χ1n) is 9.21. The molecule has 4 rings (SSSR count). The number of amides is 1. The molecule has 0 bridgehead atoms. The van der Waals surface area contributed by atoms with Gasteiger partial charge in [0.15, 0.2) is 5.16 Å². The average Bonchev–Trinajstić information content (AvgIpc) is 3.36. The first-order valence-corrected chi connectivity index (χ1v) is 10.0. The number of anilines is 1. The number of aromatic nitrogens is 5. The minimum Gasteiger partial charge on any atom is -0.486 e. The van der Waals surface area contributed by atoms with Crippen molar-refractivity contribution in [1.82, 2.24) is 24.3 Å². The zero-order valence-electron chi connectivity index (χ0n) is 16.5. The van der Waals surface area contributed by atoms with Crippen molar-refractivity contribution in [3.05, 3.63) is 78.6 Å². The zero-order valence-corrected chi connectivity index (χ0v) is 17.3. The van der Waals surface area contributed by atoms with Crippen LogP contribution in [0.15, 0.2) is 77.3 Å². The fraction of sp³-hybridized carbons (Fsp3) is 0.143. The Morgan fingerprint density at radius 2 is 1.83 bits per heavy atom. The molecule has 0 spiro atoms. The number of benzene rings is 2. The number of nitrogens with one attached hydrogen (secondary N) is 1. The molecule has 152 valence electrons. The Morgan fingerprint density at radius 3 is 2.47 bits per heavy atom. The summed E-state index contributed by atoms with van der Waals surface area (Å²) in [5.74, 6) is 1.33. The Bertz CT molecular complexity index is 1140. The van der Waals surface area contributed by atoms with Crippen LogP contribution in [0, 0.1) is 0 Å². The molecule has 0 aliphatic heterocycles. The van der Waals surface area contributed by atoms with Gasteiger partial charge >= 0.3 is 0 Å². The van der Waals surface area contributed by atoms with E-state index in [4.69, 9.17) is 4.74 Å². The van der Waals surface area contributed by atoms with E-state index in [9.17, 15) is 4.79 Å². The van der Waals surface area contributed by atoms with E-state index in [0.717, 1.165) is 21.6 Å². The third-order valence-electron chi connectivity index (χ3n) is 4.40. The molecule has 2 aromatic carbocycles. The number of rotatable bonds is 7. The largest absolute Gasteiger partial charge is 0.486 e. The van der Waals surface area contributed by atoms with Crippen molar-refractivity contribution >= 4 is 23.4 Å². The highest BCUT2D eigenvalue weighted by atomic mass is 32.2. The van der Waals surface area contributed by atoms with E-state index in [1.807, 2.05) is 53.7 Å². The number of aryl methyl sites for hydroxylation is 2. The van der Waals surface area contributed by atoms with Gasteiger partial charge < -0.3 is 19.2 Å². The van der Waals surface area contributed by atoms with E-state index in [0.29, 0.717) is 17.9 Å². The molecule has 2 heterocycles. The van der Waals surface area contributed by atoms with Crippen molar-refractivity contribution in [3.63, 3.8) is 0 Å². The molecule has 0 atom stereocenters. The highest BCUT2D eigenvalue weighted by Gasteiger charge is 2.08. The molecule has 0 fully saturated rings.